The summed E-state index contributed by atoms with van der Waals surface area (Å²) < 4.78 is 6.86. The molecule has 0 saturated heterocycles. The van der Waals surface area contributed by atoms with Gasteiger partial charge in [0, 0.05) is 12.3 Å². The summed E-state index contributed by atoms with van der Waals surface area (Å²) in [5.74, 6) is -0.551. The molecule has 0 aliphatic heterocycles. The zero-order valence-corrected chi connectivity index (χ0v) is 14.5. The number of aromatic nitrogens is 2. The number of nitrogens with zero attached hydrogens (tertiary/aromatic N) is 3. The van der Waals surface area contributed by atoms with E-state index in [4.69, 9.17) is 16.3 Å². The van der Waals surface area contributed by atoms with Gasteiger partial charge in [0.05, 0.1) is 21.7 Å². The Bertz CT molecular complexity index is 1000. The van der Waals surface area contributed by atoms with Crippen LogP contribution in [-0.2, 0) is 6.73 Å². The molecular weight excluding hydrogens is 376 g/mol. The number of carbonyl (C=O) groups excluding carboxylic acids is 1. The molecule has 2 aromatic carbocycles. The zero-order valence-electron chi connectivity index (χ0n) is 13.7. The Labute approximate surface area is 157 Å². The van der Waals surface area contributed by atoms with Crippen molar-refractivity contribution in [2.45, 2.75) is 6.73 Å². The van der Waals surface area contributed by atoms with Crippen LogP contribution in [0.15, 0.2) is 54.7 Å². The number of nitro benzene ring substituents is 1. The number of hydrogen-bond donors (Lipinski definition) is 2. The highest BCUT2D eigenvalue weighted by Gasteiger charge is 2.16. The van der Waals surface area contributed by atoms with Crippen LogP contribution >= 0.6 is 11.6 Å². The number of benzene rings is 2. The number of nitro groups is 1. The summed E-state index contributed by atoms with van der Waals surface area (Å²) in [6.45, 7) is -0.0638. The van der Waals surface area contributed by atoms with Gasteiger partial charge in [-0.05, 0) is 24.3 Å². The Morgan fingerprint density at radius 1 is 1.30 bits per heavy atom. The number of ether oxygens (including phenoxy) is 1. The van der Waals surface area contributed by atoms with Gasteiger partial charge in [-0.1, -0.05) is 23.7 Å². The minimum absolute atomic E-state index is 0.0328. The van der Waals surface area contributed by atoms with Gasteiger partial charge >= 0.3 is 0 Å². The molecule has 9 nitrogen and oxygen atoms in total. The number of anilines is 1. The Kier molecular flexibility index (Phi) is 5.23. The van der Waals surface area contributed by atoms with Crippen LogP contribution in [0.25, 0.3) is 0 Å². The molecule has 138 valence electrons. The highest BCUT2D eigenvalue weighted by Crippen LogP contribution is 2.28. The quantitative estimate of drug-likeness (QED) is 0.379. The van der Waals surface area contributed by atoms with Gasteiger partial charge in [-0.3, -0.25) is 14.9 Å². The van der Waals surface area contributed by atoms with E-state index in [1.54, 1.807) is 24.3 Å². The van der Waals surface area contributed by atoms with E-state index in [-0.39, 0.29) is 23.8 Å². The van der Waals surface area contributed by atoms with Gasteiger partial charge in [0.2, 0.25) is 0 Å². The maximum absolute atomic E-state index is 12.4. The molecule has 0 radical (unpaired) electrons. The number of aromatic hydroxyl groups is 1. The summed E-state index contributed by atoms with van der Waals surface area (Å²) in [7, 11) is 0. The number of phenols is 1. The van der Waals surface area contributed by atoms with Gasteiger partial charge in [0.1, 0.15) is 17.2 Å². The van der Waals surface area contributed by atoms with Crippen LogP contribution in [0.1, 0.15) is 10.5 Å². The van der Waals surface area contributed by atoms with Crippen molar-refractivity contribution >= 4 is 28.9 Å². The molecule has 1 aromatic heterocycles. The Balaban J connectivity index is 1.72. The van der Waals surface area contributed by atoms with E-state index in [1.807, 2.05) is 0 Å². The van der Waals surface area contributed by atoms with E-state index in [0.29, 0.717) is 10.8 Å². The van der Waals surface area contributed by atoms with E-state index >= 15 is 0 Å². The van der Waals surface area contributed by atoms with E-state index in [9.17, 15) is 20.0 Å². The lowest BCUT2D eigenvalue weighted by molar-refractivity contribution is -0.384. The molecule has 0 saturated carbocycles. The first kappa shape index (κ1) is 18.2. The molecule has 0 atom stereocenters. The Morgan fingerprint density at radius 2 is 2.07 bits per heavy atom. The molecule has 3 rings (SSSR count). The molecule has 1 amide bonds. The molecule has 10 heteroatoms. The van der Waals surface area contributed by atoms with Gasteiger partial charge in [0.25, 0.3) is 11.6 Å². The number of para-hydroxylation sites is 1. The second-order valence-corrected chi connectivity index (χ2v) is 5.74. The third-order valence-electron chi connectivity index (χ3n) is 3.57. The largest absolute Gasteiger partial charge is 0.506 e. The number of amides is 1. The average molecular weight is 389 g/mol. The van der Waals surface area contributed by atoms with Gasteiger partial charge < -0.3 is 15.2 Å². The van der Waals surface area contributed by atoms with Crippen LogP contribution in [0.3, 0.4) is 0 Å². The van der Waals surface area contributed by atoms with Crippen LogP contribution in [0.2, 0.25) is 5.02 Å². The van der Waals surface area contributed by atoms with Crippen molar-refractivity contribution in [3.8, 4) is 11.5 Å². The van der Waals surface area contributed by atoms with Crippen LogP contribution in [-0.4, -0.2) is 25.7 Å². The first-order valence-corrected chi connectivity index (χ1v) is 8.01. The summed E-state index contributed by atoms with van der Waals surface area (Å²) >= 11 is 6.02. The molecule has 0 bridgehead atoms. The number of nitrogens with one attached hydrogen (secondary N) is 1. The van der Waals surface area contributed by atoms with Crippen LogP contribution in [0.5, 0.6) is 11.5 Å². The number of halogens is 1. The summed E-state index contributed by atoms with van der Waals surface area (Å²) in [6.07, 6.45) is 1.42. The molecule has 0 aliphatic carbocycles. The number of carbonyl (C=O) groups is 1. The maximum Gasteiger partial charge on any atom is 0.274 e. The lowest BCUT2D eigenvalue weighted by Gasteiger charge is -2.11. The summed E-state index contributed by atoms with van der Waals surface area (Å²) in [4.78, 5) is 22.5. The van der Waals surface area contributed by atoms with Crippen LogP contribution < -0.4 is 10.1 Å². The molecule has 0 unspecified atom stereocenters. The van der Waals surface area contributed by atoms with E-state index in [1.165, 1.54) is 29.1 Å². The molecule has 1 heterocycles. The van der Waals surface area contributed by atoms with Gasteiger partial charge in [-0.15, -0.1) is 0 Å². The van der Waals surface area contributed by atoms with Crippen molar-refractivity contribution < 1.29 is 19.6 Å². The van der Waals surface area contributed by atoms with Crippen molar-refractivity contribution in [3.63, 3.8) is 0 Å². The third kappa shape index (κ3) is 4.15. The van der Waals surface area contributed by atoms with Crippen LogP contribution in [0.4, 0.5) is 11.4 Å². The van der Waals surface area contributed by atoms with E-state index < -0.39 is 16.6 Å². The molecule has 0 spiro atoms. The highest BCUT2D eigenvalue weighted by molar-refractivity contribution is 6.32. The molecule has 2 N–H and O–H groups in total. The predicted octanol–water partition coefficient (Wildman–Crippen LogP) is 3.44. The number of phenolic OH excluding ortho intramolecular Hbond substituents is 1. The minimum Gasteiger partial charge on any atom is -0.506 e. The average Bonchev–Trinajstić information content (AvgIpc) is 3.11. The van der Waals surface area contributed by atoms with Crippen molar-refractivity contribution in [2.24, 2.45) is 0 Å². The lowest BCUT2D eigenvalue weighted by Crippen LogP contribution is -2.19. The monoisotopic (exact) mass is 388 g/mol. The number of non-ortho nitro benzene ring substituents is 1. The molecule has 0 aliphatic rings. The minimum atomic E-state index is -0.646. The topological polar surface area (TPSA) is 120 Å². The number of rotatable bonds is 6. The van der Waals surface area contributed by atoms with Gasteiger partial charge in [-0.25, -0.2) is 4.68 Å². The fraction of sp³-hybridized carbons (Fsp3) is 0.0588. The molecule has 3 aromatic rings. The van der Waals surface area contributed by atoms with Crippen molar-refractivity contribution in [1.82, 2.24) is 9.78 Å². The van der Waals surface area contributed by atoms with Crippen LogP contribution in [0, 0.1) is 10.1 Å². The normalized spacial score (nSPS) is 10.4. The SMILES string of the molecule is O=C(Nc1ccc([N+](=O)[O-])cc1O)c1ccnn1COc1ccccc1Cl. The first-order valence-electron chi connectivity index (χ1n) is 7.63. The van der Waals surface area contributed by atoms with Crippen molar-refractivity contribution in [1.29, 1.82) is 0 Å². The second-order valence-electron chi connectivity index (χ2n) is 5.33. The highest BCUT2D eigenvalue weighted by atomic mass is 35.5. The third-order valence-corrected chi connectivity index (χ3v) is 3.88. The van der Waals surface area contributed by atoms with Gasteiger partial charge in [-0.2, -0.15) is 5.10 Å². The summed E-state index contributed by atoms with van der Waals surface area (Å²) in [5, 5.41) is 27.5. The Morgan fingerprint density at radius 3 is 2.78 bits per heavy atom. The second kappa shape index (κ2) is 7.75. The predicted molar refractivity (Wildman–Crippen MR) is 97.0 cm³/mol. The smallest absolute Gasteiger partial charge is 0.274 e. The summed E-state index contributed by atoms with van der Waals surface area (Å²) in [6, 6.07) is 11.7. The fourth-order valence-electron chi connectivity index (χ4n) is 2.25. The first-order chi connectivity index (χ1) is 13.0. The lowest BCUT2D eigenvalue weighted by atomic mass is 10.2. The molecule has 27 heavy (non-hydrogen) atoms. The maximum atomic E-state index is 12.4. The van der Waals surface area contributed by atoms with Crippen molar-refractivity contribution in [2.75, 3.05) is 5.32 Å². The zero-order chi connectivity index (χ0) is 19.4. The summed E-state index contributed by atoms with van der Waals surface area (Å²) in [5.41, 5.74) is -0.0890. The van der Waals surface area contributed by atoms with E-state index in [2.05, 4.69) is 10.4 Å². The molecule has 0 fully saturated rings. The molecular formula is C17H13ClN4O5. The van der Waals surface area contributed by atoms with E-state index in [0.717, 1.165) is 6.07 Å². The standard InChI is InChI=1S/C17H13ClN4O5/c18-12-3-1-2-4-16(12)27-10-21-14(7-8-19-21)17(24)20-13-6-5-11(22(25)26)9-15(13)23/h1-9,23H,10H2,(H,20,24). The number of hydrogen-bond acceptors (Lipinski definition) is 6. The van der Waals surface area contributed by atoms with Gasteiger partial charge in [0.15, 0.2) is 6.73 Å². The fourth-order valence-corrected chi connectivity index (χ4v) is 2.44. The Hall–Kier alpha value is -3.59. The van der Waals surface area contributed by atoms with Crippen molar-refractivity contribution in [3.05, 3.63) is 75.6 Å².